The maximum Gasteiger partial charge on any atom is 0.334 e. The fourth-order valence-corrected chi connectivity index (χ4v) is 1.95. The minimum absolute atomic E-state index is 0.169. The van der Waals surface area contributed by atoms with Crippen molar-refractivity contribution in [3.8, 4) is 0 Å². The van der Waals surface area contributed by atoms with Crippen molar-refractivity contribution < 1.29 is 28.3 Å². The van der Waals surface area contributed by atoms with Gasteiger partial charge in [0.25, 0.3) is 0 Å². The molecule has 0 fully saturated rings. The van der Waals surface area contributed by atoms with Crippen LogP contribution < -0.4 is 0 Å². The van der Waals surface area contributed by atoms with E-state index in [1.54, 1.807) is 0 Å². The lowest BCUT2D eigenvalue weighted by Crippen LogP contribution is -2.08. The van der Waals surface area contributed by atoms with Gasteiger partial charge in [-0.3, -0.25) is 4.57 Å². The number of carbonyl (C=O) groups excluding carboxylic acids is 1. The Hall–Kier alpha value is -1.49. The maximum absolute atomic E-state index is 12.7. The van der Waals surface area contributed by atoms with Crippen molar-refractivity contribution in [3.05, 3.63) is 41.2 Å². The molecule has 0 amide bonds. The minimum atomic E-state index is -4.38. The van der Waals surface area contributed by atoms with Gasteiger partial charge in [0.15, 0.2) is 0 Å². The third-order valence-corrected chi connectivity index (χ3v) is 2.79. The summed E-state index contributed by atoms with van der Waals surface area (Å²) in [5, 5.41) is 0. The monoisotopic (exact) mass is 274 g/mol. The molecule has 1 rings (SSSR count). The average Bonchev–Trinajstić information content (AvgIpc) is 2.28. The van der Waals surface area contributed by atoms with Crippen molar-refractivity contribution in [2.24, 2.45) is 0 Å². The summed E-state index contributed by atoms with van der Waals surface area (Å²) >= 11 is 0. The summed E-state index contributed by atoms with van der Waals surface area (Å²) < 4.78 is 28.0. The van der Waals surface area contributed by atoms with Crippen LogP contribution >= 0.6 is 7.60 Å². The molecule has 0 saturated carbocycles. The second kappa shape index (κ2) is 5.91. The number of carbonyl (C=O) groups is 1. The van der Waals surface area contributed by atoms with Crippen molar-refractivity contribution in [3.63, 3.8) is 0 Å². The van der Waals surface area contributed by atoms with Gasteiger partial charge in [0.05, 0.1) is 13.3 Å². The topological polar surface area (TPSA) is 83.8 Å². The molecule has 0 radical (unpaired) electrons. The molecule has 0 unspecified atom stereocenters. The first kappa shape index (κ1) is 14.6. The van der Waals surface area contributed by atoms with E-state index in [-0.39, 0.29) is 5.57 Å². The zero-order valence-electron chi connectivity index (χ0n) is 9.54. The number of halogens is 1. The SMILES string of the molecule is COC(=O)/C(=C/c1ccc(F)cc1)CP(=O)(O)O. The highest BCUT2D eigenvalue weighted by molar-refractivity contribution is 7.52. The van der Waals surface area contributed by atoms with E-state index in [4.69, 9.17) is 9.79 Å². The predicted octanol–water partition coefficient (Wildman–Crippen LogP) is 1.56. The summed E-state index contributed by atoms with van der Waals surface area (Å²) in [4.78, 5) is 29.1. The van der Waals surface area contributed by atoms with Crippen LogP contribution in [-0.4, -0.2) is 29.0 Å². The van der Waals surface area contributed by atoms with Gasteiger partial charge < -0.3 is 14.5 Å². The van der Waals surface area contributed by atoms with Crippen molar-refractivity contribution in [1.82, 2.24) is 0 Å². The molecule has 0 atom stereocenters. The number of methoxy groups -OCH3 is 1. The summed E-state index contributed by atoms with van der Waals surface area (Å²) in [5.41, 5.74) is 0.280. The Balaban J connectivity index is 3.06. The molecule has 0 aromatic heterocycles. The van der Waals surface area contributed by atoms with Gasteiger partial charge in [0, 0.05) is 5.57 Å². The van der Waals surface area contributed by atoms with Crippen molar-refractivity contribution in [2.75, 3.05) is 13.3 Å². The van der Waals surface area contributed by atoms with Crippen LogP contribution in [0.5, 0.6) is 0 Å². The largest absolute Gasteiger partial charge is 0.466 e. The highest BCUT2D eigenvalue weighted by Crippen LogP contribution is 2.37. The van der Waals surface area contributed by atoms with Gasteiger partial charge in [0.2, 0.25) is 0 Å². The molecule has 0 spiro atoms. The highest BCUT2D eigenvalue weighted by atomic mass is 31.2. The Labute approximate surface area is 103 Å². The normalized spacial score (nSPS) is 12.3. The number of benzene rings is 1. The molecule has 18 heavy (non-hydrogen) atoms. The first-order chi connectivity index (χ1) is 8.31. The molecular weight excluding hydrogens is 262 g/mol. The lowest BCUT2D eigenvalue weighted by Gasteiger charge is -2.07. The van der Waals surface area contributed by atoms with E-state index in [9.17, 15) is 13.8 Å². The van der Waals surface area contributed by atoms with Gasteiger partial charge in [0.1, 0.15) is 5.82 Å². The molecule has 0 aliphatic carbocycles. The van der Waals surface area contributed by atoms with Crippen LogP contribution in [-0.2, 0) is 14.1 Å². The number of hydrogen-bond donors (Lipinski definition) is 2. The molecule has 1 aromatic rings. The quantitative estimate of drug-likeness (QED) is 0.494. The van der Waals surface area contributed by atoms with Crippen LogP contribution in [0.3, 0.4) is 0 Å². The standard InChI is InChI=1S/C11H12FO5P/c1-17-11(13)9(7-18(14,15)16)6-8-2-4-10(12)5-3-8/h2-6H,7H2,1H3,(H2,14,15,16)/b9-6+. The predicted molar refractivity (Wildman–Crippen MR) is 63.3 cm³/mol. The van der Waals surface area contributed by atoms with Crippen LogP contribution in [0, 0.1) is 5.82 Å². The van der Waals surface area contributed by atoms with Crippen LogP contribution in [0.15, 0.2) is 29.8 Å². The molecule has 98 valence electrons. The van der Waals surface area contributed by atoms with Crippen molar-refractivity contribution >= 4 is 19.6 Å². The number of hydrogen-bond acceptors (Lipinski definition) is 3. The molecular formula is C11H12FO5P. The molecule has 0 bridgehead atoms. The molecule has 0 aliphatic heterocycles. The molecule has 0 aliphatic rings. The van der Waals surface area contributed by atoms with E-state index < -0.39 is 25.5 Å². The maximum atomic E-state index is 12.7. The molecule has 7 heteroatoms. The van der Waals surface area contributed by atoms with E-state index in [0.29, 0.717) is 5.56 Å². The summed E-state index contributed by atoms with van der Waals surface area (Å²) in [5.74, 6) is -1.27. The molecule has 0 saturated heterocycles. The second-order valence-corrected chi connectivity index (χ2v) is 5.18. The van der Waals surface area contributed by atoms with Crippen LogP contribution in [0.1, 0.15) is 5.56 Å². The van der Waals surface area contributed by atoms with Gasteiger partial charge in [-0.25, -0.2) is 9.18 Å². The zero-order chi connectivity index (χ0) is 13.8. The summed E-state index contributed by atoms with van der Waals surface area (Å²) in [6.07, 6.45) is 0.529. The summed E-state index contributed by atoms with van der Waals surface area (Å²) in [6, 6.07) is 5.13. The lowest BCUT2D eigenvalue weighted by molar-refractivity contribution is -0.135. The minimum Gasteiger partial charge on any atom is -0.466 e. The van der Waals surface area contributed by atoms with E-state index in [1.807, 2.05) is 0 Å². The smallest absolute Gasteiger partial charge is 0.334 e. The number of rotatable bonds is 4. The second-order valence-electron chi connectivity index (χ2n) is 3.54. The van der Waals surface area contributed by atoms with Crippen molar-refractivity contribution in [1.29, 1.82) is 0 Å². The average molecular weight is 274 g/mol. The Bertz CT molecular complexity index is 503. The molecule has 1 aromatic carbocycles. The van der Waals surface area contributed by atoms with E-state index in [2.05, 4.69) is 4.74 Å². The molecule has 2 N–H and O–H groups in total. The third kappa shape index (κ3) is 4.79. The van der Waals surface area contributed by atoms with E-state index in [1.165, 1.54) is 30.3 Å². The fraction of sp³-hybridized carbons (Fsp3) is 0.182. The Kier molecular flexibility index (Phi) is 4.78. The van der Waals surface area contributed by atoms with E-state index >= 15 is 0 Å². The van der Waals surface area contributed by atoms with Gasteiger partial charge in [-0.05, 0) is 23.8 Å². The Morgan fingerprint density at radius 3 is 2.39 bits per heavy atom. The number of esters is 1. The zero-order valence-corrected chi connectivity index (χ0v) is 10.4. The van der Waals surface area contributed by atoms with Gasteiger partial charge in [-0.2, -0.15) is 0 Å². The highest BCUT2D eigenvalue weighted by Gasteiger charge is 2.21. The van der Waals surface area contributed by atoms with Gasteiger partial charge in [-0.1, -0.05) is 12.1 Å². The molecule has 5 nitrogen and oxygen atoms in total. The van der Waals surface area contributed by atoms with Gasteiger partial charge >= 0.3 is 13.6 Å². The third-order valence-electron chi connectivity index (χ3n) is 2.03. The summed E-state index contributed by atoms with van der Waals surface area (Å²) in [7, 11) is -3.27. The van der Waals surface area contributed by atoms with Crippen molar-refractivity contribution in [2.45, 2.75) is 0 Å². The lowest BCUT2D eigenvalue weighted by atomic mass is 10.1. The Morgan fingerprint density at radius 2 is 1.94 bits per heavy atom. The summed E-state index contributed by atoms with van der Waals surface area (Å²) in [6.45, 7) is 0. The fourth-order valence-electron chi connectivity index (χ4n) is 1.28. The number of ether oxygens (including phenoxy) is 1. The van der Waals surface area contributed by atoms with Crippen LogP contribution in [0.4, 0.5) is 4.39 Å². The van der Waals surface area contributed by atoms with E-state index in [0.717, 1.165) is 7.11 Å². The first-order valence-corrected chi connectivity index (χ1v) is 6.70. The van der Waals surface area contributed by atoms with Crippen LogP contribution in [0.25, 0.3) is 6.08 Å². The Morgan fingerprint density at radius 1 is 1.39 bits per heavy atom. The first-order valence-electron chi connectivity index (χ1n) is 4.91. The van der Waals surface area contributed by atoms with Gasteiger partial charge in [-0.15, -0.1) is 0 Å². The molecule has 0 heterocycles. The van der Waals surface area contributed by atoms with Crippen LogP contribution in [0.2, 0.25) is 0 Å².